The average molecular weight is 273 g/mol. The molecule has 2 N–H and O–H groups in total. The molecule has 0 aromatic rings. The van der Waals surface area contributed by atoms with Crippen LogP contribution in [0.1, 0.15) is 34.1 Å². The van der Waals surface area contributed by atoms with E-state index in [1.54, 1.807) is 0 Å². The molecule has 4 heteroatoms. The number of hydrogen-bond acceptors (Lipinski definition) is 4. The molecule has 0 aromatic carbocycles. The van der Waals surface area contributed by atoms with E-state index in [-0.39, 0.29) is 6.10 Å². The minimum atomic E-state index is -0.462. The van der Waals surface area contributed by atoms with Crippen LogP contribution in [0.25, 0.3) is 0 Å². The van der Waals surface area contributed by atoms with Gasteiger partial charge in [0.05, 0.1) is 32.0 Å². The van der Waals surface area contributed by atoms with Gasteiger partial charge in [0.2, 0.25) is 0 Å². The summed E-state index contributed by atoms with van der Waals surface area (Å²) < 4.78 is 10.9. The van der Waals surface area contributed by atoms with Crippen molar-refractivity contribution < 1.29 is 14.6 Å². The minimum Gasteiger partial charge on any atom is -0.389 e. The standard InChI is InChI=1S/C15H31NO3/c1-12(2)8-14(5)19-11-15(17)9-16-6-7-18-10-13(3)4/h12,14-17H,3,6-11H2,1-2,4-5H3. The normalized spacial score (nSPS) is 14.6. The second-order valence-electron chi connectivity index (χ2n) is 5.64. The van der Waals surface area contributed by atoms with E-state index in [0.29, 0.717) is 32.3 Å². The SMILES string of the molecule is C=C(C)COCCNCC(O)COC(C)CC(C)C. The molecular weight excluding hydrogens is 242 g/mol. The van der Waals surface area contributed by atoms with Crippen LogP contribution in [0.15, 0.2) is 12.2 Å². The summed E-state index contributed by atoms with van der Waals surface area (Å²) in [6.45, 7) is 15.0. The number of nitrogens with one attached hydrogen (secondary N) is 1. The Labute approximate surface area is 118 Å². The number of aliphatic hydroxyl groups is 1. The first-order valence-corrected chi connectivity index (χ1v) is 7.14. The van der Waals surface area contributed by atoms with Crippen LogP contribution in [-0.4, -0.2) is 50.2 Å². The van der Waals surface area contributed by atoms with Crippen molar-refractivity contribution in [3.8, 4) is 0 Å². The maximum atomic E-state index is 9.73. The number of aliphatic hydroxyl groups excluding tert-OH is 1. The molecule has 0 amide bonds. The van der Waals surface area contributed by atoms with Crippen LogP contribution >= 0.6 is 0 Å². The Morgan fingerprint density at radius 1 is 1.32 bits per heavy atom. The molecule has 0 aliphatic carbocycles. The van der Waals surface area contributed by atoms with E-state index in [0.717, 1.165) is 18.5 Å². The molecule has 0 rings (SSSR count). The van der Waals surface area contributed by atoms with Crippen molar-refractivity contribution in [2.24, 2.45) is 5.92 Å². The van der Waals surface area contributed by atoms with E-state index in [4.69, 9.17) is 9.47 Å². The Kier molecular flexibility index (Phi) is 11.2. The largest absolute Gasteiger partial charge is 0.389 e. The molecule has 2 unspecified atom stereocenters. The smallest absolute Gasteiger partial charge is 0.0897 e. The van der Waals surface area contributed by atoms with Crippen LogP contribution < -0.4 is 5.32 Å². The van der Waals surface area contributed by atoms with Crippen LogP contribution in [0.2, 0.25) is 0 Å². The van der Waals surface area contributed by atoms with Crippen LogP contribution in [0.5, 0.6) is 0 Å². The second kappa shape index (κ2) is 11.4. The first-order chi connectivity index (χ1) is 8.91. The van der Waals surface area contributed by atoms with Gasteiger partial charge in [0.1, 0.15) is 0 Å². The molecule has 0 fully saturated rings. The van der Waals surface area contributed by atoms with E-state index >= 15 is 0 Å². The van der Waals surface area contributed by atoms with Crippen LogP contribution in [0, 0.1) is 5.92 Å². The molecule has 0 spiro atoms. The lowest BCUT2D eigenvalue weighted by atomic mass is 10.1. The number of hydrogen-bond donors (Lipinski definition) is 2. The summed E-state index contributed by atoms with van der Waals surface area (Å²) in [4.78, 5) is 0. The Bertz CT molecular complexity index is 231. The summed E-state index contributed by atoms with van der Waals surface area (Å²) >= 11 is 0. The lowest BCUT2D eigenvalue weighted by Gasteiger charge is -2.18. The van der Waals surface area contributed by atoms with Gasteiger partial charge in [-0.2, -0.15) is 0 Å². The highest BCUT2D eigenvalue weighted by molar-refractivity contribution is 4.87. The van der Waals surface area contributed by atoms with Gasteiger partial charge in [0.15, 0.2) is 0 Å². The fourth-order valence-electron chi connectivity index (χ4n) is 1.73. The third-order valence-electron chi connectivity index (χ3n) is 2.53. The van der Waals surface area contributed by atoms with Crippen LogP contribution in [0.3, 0.4) is 0 Å². The quantitative estimate of drug-likeness (QED) is 0.422. The third kappa shape index (κ3) is 13.8. The number of ether oxygens (including phenoxy) is 2. The number of rotatable bonds is 12. The van der Waals surface area contributed by atoms with Gasteiger partial charge in [-0.05, 0) is 26.2 Å². The van der Waals surface area contributed by atoms with Gasteiger partial charge in [0.25, 0.3) is 0 Å². The van der Waals surface area contributed by atoms with Crippen LogP contribution in [0.4, 0.5) is 0 Å². The fraction of sp³-hybridized carbons (Fsp3) is 0.867. The lowest BCUT2D eigenvalue weighted by Crippen LogP contribution is -2.33. The maximum Gasteiger partial charge on any atom is 0.0897 e. The molecule has 4 nitrogen and oxygen atoms in total. The van der Waals surface area contributed by atoms with Crippen molar-refractivity contribution in [1.82, 2.24) is 5.32 Å². The average Bonchev–Trinajstić information content (AvgIpc) is 2.29. The Morgan fingerprint density at radius 3 is 2.58 bits per heavy atom. The van der Waals surface area contributed by atoms with E-state index in [1.165, 1.54) is 0 Å². The fourth-order valence-corrected chi connectivity index (χ4v) is 1.73. The van der Waals surface area contributed by atoms with Gasteiger partial charge in [-0.1, -0.05) is 26.0 Å². The first-order valence-electron chi connectivity index (χ1n) is 7.14. The Balaban J connectivity index is 3.39. The summed E-state index contributed by atoms with van der Waals surface area (Å²) in [5.41, 5.74) is 1.02. The molecule has 0 saturated carbocycles. The van der Waals surface area contributed by atoms with Gasteiger partial charge < -0.3 is 19.9 Å². The maximum absolute atomic E-state index is 9.73. The van der Waals surface area contributed by atoms with Crippen molar-refractivity contribution in [2.75, 3.05) is 32.9 Å². The summed E-state index contributed by atoms with van der Waals surface area (Å²) in [6.07, 6.45) is 0.763. The van der Waals surface area contributed by atoms with Gasteiger partial charge >= 0.3 is 0 Å². The Hall–Kier alpha value is -0.420. The van der Waals surface area contributed by atoms with Crippen molar-refractivity contribution in [2.45, 2.75) is 46.3 Å². The van der Waals surface area contributed by atoms with Crippen molar-refractivity contribution in [1.29, 1.82) is 0 Å². The van der Waals surface area contributed by atoms with E-state index in [1.807, 2.05) is 13.8 Å². The highest BCUT2D eigenvalue weighted by atomic mass is 16.5. The van der Waals surface area contributed by atoms with Gasteiger partial charge in [0, 0.05) is 13.1 Å². The highest BCUT2D eigenvalue weighted by Gasteiger charge is 2.09. The van der Waals surface area contributed by atoms with E-state index in [9.17, 15) is 5.11 Å². The second-order valence-corrected chi connectivity index (χ2v) is 5.64. The zero-order chi connectivity index (χ0) is 14.7. The molecule has 0 saturated heterocycles. The summed E-state index contributed by atoms with van der Waals surface area (Å²) in [7, 11) is 0. The molecular formula is C15H31NO3. The van der Waals surface area contributed by atoms with Gasteiger partial charge in [-0.15, -0.1) is 0 Å². The van der Waals surface area contributed by atoms with Gasteiger partial charge in [-0.3, -0.25) is 0 Å². The van der Waals surface area contributed by atoms with Crippen molar-refractivity contribution in [3.63, 3.8) is 0 Å². The molecule has 0 aromatic heterocycles. The molecule has 0 aliphatic rings. The summed E-state index contributed by atoms with van der Waals surface area (Å²) in [5, 5.41) is 12.9. The molecule has 19 heavy (non-hydrogen) atoms. The molecule has 0 radical (unpaired) electrons. The zero-order valence-electron chi connectivity index (χ0n) is 12.9. The summed E-state index contributed by atoms with van der Waals surface area (Å²) in [6, 6.07) is 0. The van der Waals surface area contributed by atoms with Crippen molar-refractivity contribution in [3.05, 3.63) is 12.2 Å². The predicted molar refractivity (Wildman–Crippen MR) is 79.4 cm³/mol. The predicted octanol–water partition coefficient (Wildman–Crippen LogP) is 1.98. The van der Waals surface area contributed by atoms with Gasteiger partial charge in [-0.25, -0.2) is 0 Å². The molecule has 114 valence electrons. The molecule has 0 aliphatic heterocycles. The monoisotopic (exact) mass is 273 g/mol. The van der Waals surface area contributed by atoms with E-state index in [2.05, 4.69) is 25.7 Å². The van der Waals surface area contributed by atoms with E-state index < -0.39 is 6.10 Å². The zero-order valence-corrected chi connectivity index (χ0v) is 12.9. The lowest BCUT2D eigenvalue weighted by molar-refractivity contribution is -0.00889. The third-order valence-corrected chi connectivity index (χ3v) is 2.53. The first kappa shape index (κ1) is 18.6. The summed E-state index contributed by atoms with van der Waals surface area (Å²) in [5.74, 6) is 0.621. The highest BCUT2D eigenvalue weighted by Crippen LogP contribution is 2.07. The minimum absolute atomic E-state index is 0.202. The molecule has 0 bridgehead atoms. The molecule has 2 atom stereocenters. The Morgan fingerprint density at radius 2 is 2.00 bits per heavy atom. The topological polar surface area (TPSA) is 50.7 Å². The molecule has 0 heterocycles. The van der Waals surface area contributed by atoms with Crippen LogP contribution in [-0.2, 0) is 9.47 Å². The van der Waals surface area contributed by atoms with Crippen molar-refractivity contribution >= 4 is 0 Å².